The van der Waals surface area contributed by atoms with E-state index in [4.69, 9.17) is 0 Å². The summed E-state index contributed by atoms with van der Waals surface area (Å²) < 4.78 is 0. The minimum absolute atomic E-state index is 1.24. The molecule has 0 aliphatic carbocycles. The van der Waals surface area contributed by atoms with E-state index in [0.717, 1.165) is 0 Å². The van der Waals surface area contributed by atoms with Crippen LogP contribution in [-0.2, 0) is 0 Å². The van der Waals surface area contributed by atoms with Crippen LogP contribution in [0, 0.1) is 19.1 Å². The first-order chi connectivity index (χ1) is 5.38. The van der Waals surface area contributed by atoms with Crippen molar-refractivity contribution in [1.82, 2.24) is 0 Å². The van der Waals surface area contributed by atoms with Gasteiger partial charge in [0, 0.05) is 0 Å². The summed E-state index contributed by atoms with van der Waals surface area (Å²) in [4.78, 5) is 0. The van der Waals surface area contributed by atoms with Crippen LogP contribution >= 0.6 is 0 Å². The van der Waals surface area contributed by atoms with Crippen molar-refractivity contribution in [2.24, 2.45) is 0 Å². The van der Waals surface area contributed by atoms with Crippen LogP contribution in [-0.4, -0.2) is 0 Å². The first-order valence-electron chi connectivity index (χ1n) is 3.64. The molecule has 0 heteroatoms. The monoisotopic (exact) mass is 140 g/mol. The van der Waals surface area contributed by atoms with Crippen LogP contribution in [0.4, 0.5) is 0 Å². The van der Waals surface area contributed by atoms with Gasteiger partial charge in [-0.1, -0.05) is 18.2 Å². The van der Waals surface area contributed by atoms with Gasteiger partial charge in [-0.25, -0.2) is 0 Å². The highest BCUT2D eigenvalue weighted by Gasteiger charge is 1.92. The van der Waals surface area contributed by atoms with Gasteiger partial charge in [0.1, 0.15) is 0 Å². The van der Waals surface area contributed by atoms with Crippen molar-refractivity contribution in [3.63, 3.8) is 0 Å². The molecule has 0 aliphatic heterocycles. The number of hydrogen-bond donors (Lipinski definition) is 0. The smallest absolute Gasteiger partial charge is 0.0148 e. The number of benzene rings is 2. The van der Waals surface area contributed by atoms with Crippen LogP contribution in [0.1, 0.15) is 5.56 Å². The van der Waals surface area contributed by atoms with Gasteiger partial charge in [-0.05, 0) is 47.5 Å². The summed E-state index contributed by atoms with van der Waals surface area (Å²) >= 11 is 0. The zero-order valence-corrected chi connectivity index (χ0v) is 6.39. The molecule has 0 aromatic heterocycles. The third-order valence-electron chi connectivity index (χ3n) is 1.86. The fourth-order valence-electron chi connectivity index (χ4n) is 1.24. The second kappa shape index (κ2) is 2.39. The van der Waals surface area contributed by atoms with Crippen LogP contribution in [0.5, 0.6) is 0 Å². The lowest BCUT2D eigenvalue weighted by molar-refractivity contribution is 1.52. The fourth-order valence-corrected chi connectivity index (χ4v) is 1.24. The van der Waals surface area contributed by atoms with Crippen molar-refractivity contribution in [2.75, 3.05) is 0 Å². The standard InChI is InChI=1S/C11H8/c1-9-5-4-7-10-6-2-3-8-11(9)10/h2,5-8H,1H3. The summed E-state index contributed by atoms with van der Waals surface area (Å²) in [5.74, 6) is 0. The molecule has 0 bridgehead atoms. The van der Waals surface area contributed by atoms with Gasteiger partial charge in [0.15, 0.2) is 0 Å². The van der Waals surface area contributed by atoms with E-state index in [1.807, 2.05) is 24.3 Å². The van der Waals surface area contributed by atoms with Crippen molar-refractivity contribution in [3.05, 3.63) is 48.0 Å². The Bertz CT molecular complexity index is 369. The van der Waals surface area contributed by atoms with Crippen molar-refractivity contribution in [3.8, 4) is 0 Å². The van der Waals surface area contributed by atoms with Crippen LogP contribution in [0.15, 0.2) is 30.3 Å². The topological polar surface area (TPSA) is 0 Å². The average molecular weight is 140 g/mol. The zero-order valence-electron chi connectivity index (χ0n) is 6.39. The van der Waals surface area contributed by atoms with Crippen molar-refractivity contribution >= 4 is 10.8 Å². The molecule has 0 spiro atoms. The summed E-state index contributed by atoms with van der Waals surface area (Å²) in [6, 6.07) is 16.1. The normalized spacial score (nSPS) is 10.3. The lowest BCUT2D eigenvalue weighted by Gasteiger charge is -1.98. The third-order valence-corrected chi connectivity index (χ3v) is 1.86. The molecule has 0 amide bonds. The van der Waals surface area contributed by atoms with E-state index < -0.39 is 0 Å². The van der Waals surface area contributed by atoms with Crippen molar-refractivity contribution in [1.29, 1.82) is 0 Å². The predicted molar refractivity (Wildman–Crippen MR) is 46.4 cm³/mol. The number of rotatable bonds is 0. The first kappa shape index (κ1) is 6.41. The van der Waals surface area contributed by atoms with E-state index in [1.165, 1.54) is 16.3 Å². The van der Waals surface area contributed by atoms with Gasteiger partial charge < -0.3 is 0 Å². The lowest BCUT2D eigenvalue weighted by atomic mass is 10.1. The van der Waals surface area contributed by atoms with Crippen LogP contribution in [0.2, 0.25) is 0 Å². The molecule has 0 N–H and O–H groups in total. The van der Waals surface area contributed by atoms with Crippen LogP contribution in [0.3, 0.4) is 0 Å². The van der Waals surface area contributed by atoms with Gasteiger partial charge in [0.05, 0.1) is 0 Å². The summed E-state index contributed by atoms with van der Waals surface area (Å²) in [6.07, 6.45) is 0. The summed E-state index contributed by atoms with van der Waals surface area (Å²) in [5, 5.41) is 2.51. The molecule has 0 saturated heterocycles. The lowest BCUT2D eigenvalue weighted by Crippen LogP contribution is -1.75. The minimum Gasteiger partial charge on any atom is -0.0537 e. The van der Waals surface area contributed by atoms with E-state index >= 15 is 0 Å². The van der Waals surface area contributed by atoms with Gasteiger partial charge in [-0.15, -0.1) is 0 Å². The van der Waals surface area contributed by atoms with Gasteiger partial charge in [0.2, 0.25) is 0 Å². The molecule has 0 unspecified atom stereocenters. The second-order valence-electron chi connectivity index (χ2n) is 2.65. The Kier molecular flexibility index (Phi) is 1.39. The summed E-state index contributed by atoms with van der Waals surface area (Å²) in [7, 11) is 0. The maximum absolute atomic E-state index is 3.09. The maximum Gasteiger partial charge on any atom is -0.0148 e. The van der Waals surface area contributed by atoms with Gasteiger partial charge in [-0.2, -0.15) is 0 Å². The molecule has 2 rings (SSSR count). The molecule has 11 heavy (non-hydrogen) atoms. The molecular formula is C11H8. The van der Waals surface area contributed by atoms with Crippen LogP contribution < -0.4 is 0 Å². The Morgan fingerprint density at radius 3 is 2.82 bits per heavy atom. The highest BCUT2D eigenvalue weighted by molar-refractivity contribution is 5.84. The first-order valence-corrected chi connectivity index (χ1v) is 3.64. The molecule has 0 fully saturated rings. The number of hydrogen-bond acceptors (Lipinski definition) is 0. The number of fused-ring (bicyclic) bond motifs is 1. The summed E-state index contributed by atoms with van der Waals surface area (Å²) in [6.45, 7) is 2.09. The van der Waals surface area contributed by atoms with Gasteiger partial charge >= 0.3 is 0 Å². The third kappa shape index (κ3) is 1.01. The Labute approximate surface area is 66.5 Å². The molecule has 2 aromatic rings. The Morgan fingerprint density at radius 1 is 1.09 bits per heavy atom. The molecule has 0 heterocycles. The maximum atomic E-state index is 3.09. The number of aryl methyl sites for hydroxylation is 1. The second-order valence-corrected chi connectivity index (χ2v) is 2.65. The molecule has 0 saturated carbocycles. The minimum atomic E-state index is 1.24. The Balaban J connectivity index is 2.91. The van der Waals surface area contributed by atoms with Crippen molar-refractivity contribution in [2.45, 2.75) is 6.92 Å². The highest BCUT2D eigenvalue weighted by Crippen LogP contribution is 2.15. The van der Waals surface area contributed by atoms with E-state index in [1.54, 1.807) is 0 Å². The molecule has 2 radical (unpaired) electrons. The zero-order chi connectivity index (χ0) is 7.68. The SMILES string of the molecule is Cc1c[c]cc2cc[c]cc12. The van der Waals surface area contributed by atoms with E-state index in [9.17, 15) is 0 Å². The Morgan fingerprint density at radius 2 is 2.00 bits per heavy atom. The van der Waals surface area contributed by atoms with Gasteiger partial charge in [0.25, 0.3) is 0 Å². The molecule has 0 nitrogen and oxygen atoms in total. The quantitative estimate of drug-likeness (QED) is 0.527. The molecular weight excluding hydrogens is 132 g/mol. The molecule has 52 valence electrons. The largest absolute Gasteiger partial charge is 0.0537 e. The summed E-state index contributed by atoms with van der Waals surface area (Å²) in [5.41, 5.74) is 1.26. The molecule has 0 atom stereocenters. The Hall–Kier alpha value is -1.30. The van der Waals surface area contributed by atoms with Crippen molar-refractivity contribution < 1.29 is 0 Å². The predicted octanol–water partition coefficient (Wildman–Crippen LogP) is 2.75. The average Bonchev–Trinajstić information content (AvgIpc) is 2.06. The molecule has 2 aromatic carbocycles. The molecule has 0 aliphatic rings. The fraction of sp³-hybridized carbons (Fsp3) is 0.0909. The highest BCUT2D eigenvalue weighted by atomic mass is 14.0. The van der Waals surface area contributed by atoms with E-state index in [-0.39, 0.29) is 0 Å². The van der Waals surface area contributed by atoms with E-state index in [2.05, 4.69) is 25.1 Å². The van der Waals surface area contributed by atoms with Gasteiger partial charge in [-0.3, -0.25) is 0 Å². The van der Waals surface area contributed by atoms with Crippen LogP contribution in [0.25, 0.3) is 10.8 Å². The van der Waals surface area contributed by atoms with E-state index in [0.29, 0.717) is 0 Å².